The summed E-state index contributed by atoms with van der Waals surface area (Å²) in [5.74, 6) is 0.381. The second-order valence-corrected chi connectivity index (χ2v) is 5.82. The highest BCUT2D eigenvalue weighted by Crippen LogP contribution is 2.54. The molecule has 0 amide bonds. The number of carbonyl (C=O) groups excluding carboxylic acids is 1. The van der Waals surface area contributed by atoms with Gasteiger partial charge in [-0.05, 0) is 29.5 Å². The molecule has 1 aliphatic rings. The van der Waals surface area contributed by atoms with Crippen molar-refractivity contribution in [1.29, 1.82) is 5.26 Å². The van der Waals surface area contributed by atoms with Crippen LogP contribution in [0, 0.1) is 22.7 Å². The third-order valence-electron chi connectivity index (χ3n) is 4.01. The Bertz CT molecular complexity index is 572. The van der Waals surface area contributed by atoms with Crippen molar-refractivity contribution >= 4 is 5.78 Å². The minimum atomic E-state index is -0.735. The summed E-state index contributed by atoms with van der Waals surface area (Å²) in [6.07, 6.45) is 0.858. The third-order valence-corrected chi connectivity index (χ3v) is 4.01. The lowest BCUT2D eigenvalue weighted by molar-refractivity contribution is -0.121. The molecule has 1 aromatic rings. The van der Waals surface area contributed by atoms with Crippen molar-refractivity contribution in [2.75, 3.05) is 14.2 Å². The normalized spacial score (nSPS) is 20.6. The van der Waals surface area contributed by atoms with E-state index < -0.39 is 5.92 Å². The first-order chi connectivity index (χ1) is 9.44. The number of Topliss-reactive ketones (excluding diaryl/α,β-unsaturated/α-hetero) is 1. The summed E-state index contributed by atoms with van der Waals surface area (Å²) in [7, 11) is 3.09. The number of carbonyl (C=O) groups is 1. The molecule has 0 saturated heterocycles. The second kappa shape index (κ2) is 5.16. The minimum absolute atomic E-state index is 0.00437. The van der Waals surface area contributed by atoms with Crippen molar-refractivity contribution in [2.24, 2.45) is 11.3 Å². The lowest BCUT2D eigenvalue weighted by Crippen LogP contribution is -2.15. The lowest BCUT2D eigenvalue weighted by Gasteiger charge is -2.13. The zero-order valence-electron chi connectivity index (χ0n) is 12.3. The van der Waals surface area contributed by atoms with Gasteiger partial charge in [-0.25, -0.2) is 0 Å². The molecule has 4 nitrogen and oxygen atoms in total. The van der Waals surface area contributed by atoms with Gasteiger partial charge in [0.1, 0.15) is 5.92 Å². The molecular weight excluding hydrogens is 254 g/mol. The van der Waals surface area contributed by atoms with Crippen LogP contribution >= 0.6 is 0 Å². The smallest absolute Gasteiger partial charge is 0.161 e. The maximum absolute atomic E-state index is 12.4. The maximum atomic E-state index is 12.4. The Morgan fingerprint density at radius 2 is 1.95 bits per heavy atom. The van der Waals surface area contributed by atoms with E-state index in [4.69, 9.17) is 9.47 Å². The van der Waals surface area contributed by atoms with E-state index in [-0.39, 0.29) is 17.1 Å². The van der Waals surface area contributed by atoms with Crippen LogP contribution in [-0.4, -0.2) is 20.0 Å². The van der Waals surface area contributed by atoms with E-state index in [2.05, 4.69) is 19.9 Å². The predicted octanol–water partition coefficient (Wildman–Crippen LogP) is 2.93. The van der Waals surface area contributed by atoms with Crippen LogP contribution in [0.1, 0.15) is 31.7 Å². The van der Waals surface area contributed by atoms with E-state index in [1.54, 1.807) is 25.3 Å². The SMILES string of the molecule is COc1ccc(C(C#N)C(=O)C2CC2(C)C)cc1OC. The number of hydrogen-bond acceptors (Lipinski definition) is 4. The molecule has 0 radical (unpaired) electrons. The molecule has 0 bridgehead atoms. The summed E-state index contributed by atoms with van der Waals surface area (Å²) in [5, 5.41) is 9.34. The highest BCUT2D eigenvalue weighted by Gasteiger charge is 2.52. The molecule has 1 fully saturated rings. The Hall–Kier alpha value is -2.02. The fourth-order valence-electron chi connectivity index (χ4n) is 2.49. The van der Waals surface area contributed by atoms with E-state index in [0.717, 1.165) is 6.42 Å². The third kappa shape index (κ3) is 2.49. The van der Waals surface area contributed by atoms with Gasteiger partial charge in [-0.15, -0.1) is 0 Å². The number of hydrogen-bond donors (Lipinski definition) is 0. The van der Waals surface area contributed by atoms with Crippen molar-refractivity contribution in [1.82, 2.24) is 0 Å². The zero-order valence-corrected chi connectivity index (χ0v) is 12.3. The molecule has 1 aliphatic carbocycles. The monoisotopic (exact) mass is 273 g/mol. The molecular formula is C16H19NO3. The zero-order chi connectivity index (χ0) is 14.9. The van der Waals surface area contributed by atoms with Crippen LogP contribution in [0.5, 0.6) is 11.5 Å². The topological polar surface area (TPSA) is 59.3 Å². The Balaban J connectivity index is 2.29. The van der Waals surface area contributed by atoms with Gasteiger partial charge in [0.05, 0.1) is 20.3 Å². The van der Waals surface area contributed by atoms with Crippen molar-refractivity contribution in [3.63, 3.8) is 0 Å². The standard InChI is InChI=1S/C16H19NO3/c1-16(2)8-12(16)15(18)11(9-17)10-5-6-13(19-3)14(7-10)20-4/h5-7,11-12H,8H2,1-4H3. The van der Waals surface area contributed by atoms with Crippen molar-refractivity contribution < 1.29 is 14.3 Å². The van der Waals surface area contributed by atoms with Gasteiger partial charge in [0.15, 0.2) is 17.3 Å². The number of benzene rings is 1. The first-order valence-corrected chi connectivity index (χ1v) is 6.60. The van der Waals surface area contributed by atoms with Crippen LogP contribution < -0.4 is 9.47 Å². The largest absolute Gasteiger partial charge is 0.493 e. The lowest BCUT2D eigenvalue weighted by atomic mass is 9.91. The van der Waals surface area contributed by atoms with E-state index >= 15 is 0 Å². The second-order valence-electron chi connectivity index (χ2n) is 5.82. The summed E-state index contributed by atoms with van der Waals surface area (Å²) >= 11 is 0. The average molecular weight is 273 g/mol. The Labute approximate surface area is 119 Å². The molecule has 2 rings (SSSR count). The van der Waals surface area contributed by atoms with E-state index in [1.807, 2.05) is 0 Å². The van der Waals surface area contributed by atoms with Gasteiger partial charge >= 0.3 is 0 Å². The van der Waals surface area contributed by atoms with Gasteiger partial charge < -0.3 is 9.47 Å². The molecule has 0 aliphatic heterocycles. The van der Waals surface area contributed by atoms with Gasteiger partial charge in [-0.1, -0.05) is 19.9 Å². The van der Waals surface area contributed by atoms with Crippen LogP contribution in [-0.2, 0) is 4.79 Å². The van der Waals surface area contributed by atoms with Gasteiger partial charge in [-0.3, -0.25) is 4.79 Å². The minimum Gasteiger partial charge on any atom is -0.493 e. The number of nitrogens with zero attached hydrogens (tertiary/aromatic N) is 1. The molecule has 106 valence electrons. The summed E-state index contributed by atoms with van der Waals surface area (Å²) < 4.78 is 10.4. The van der Waals surface area contributed by atoms with E-state index in [9.17, 15) is 10.1 Å². The van der Waals surface area contributed by atoms with Crippen molar-refractivity contribution in [2.45, 2.75) is 26.2 Å². The first-order valence-electron chi connectivity index (χ1n) is 6.60. The number of ether oxygens (including phenoxy) is 2. The van der Waals surface area contributed by atoms with Crippen LogP contribution in [0.15, 0.2) is 18.2 Å². The highest BCUT2D eigenvalue weighted by molar-refractivity contribution is 5.93. The Kier molecular flexibility index (Phi) is 3.71. The number of nitriles is 1. The van der Waals surface area contributed by atoms with Crippen LogP contribution in [0.3, 0.4) is 0 Å². The van der Waals surface area contributed by atoms with Gasteiger partial charge in [0.25, 0.3) is 0 Å². The Morgan fingerprint density at radius 3 is 2.40 bits per heavy atom. The first kappa shape index (κ1) is 14.4. The average Bonchev–Trinajstić information content (AvgIpc) is 3.08. The molecule has 2 atom stereocenters. The summed E-state index contributed by atoms with van der Waals surface area (Å²) in [6, 6.07) is 7.31. The molecule has 1 aromatic carbocycles. The van der Waals surface area contributed by atoms with Gasteiger partial charge in [-0.2, -0.15) is 5.26 Å². The molecule has 0 aromatic heterocycles. The fraction of sp³-hybridized carbons (Fsp3) is 0.500. The van der Waals surface area contributed by atoms with E-state index in [1.165, 1.54) is 7.11 Å². The number of rotatable bonds is 5. The molecule has 1 saturated carbocycles. The highest BCUT2D eigenvalue weighted by atomic mass is 16.5. The molecule has 0 heterocycles. The number of methoxy groups -OCH3 is 2. The van der Waals surface area contributed by atoms with Crippen molar-refractivity contribution in [3.05, 3.63) is 23.8 Å². The van der Waals surface area contributed by atoms with Gasteiger partial charge in [0.2, 0.25) is 0 Å². The molecule has 4 heteroatoms. The van der Waals surface area contributed by atoms with Crippen molar-refractivity contribution in [3.8, 4) is 17.6 Å². The molecule has 20 heavy (non-hydrogen) atoms. The van der Waals surface area contributed by atoms with Gasteiger partial charge in [0, 0.05) is 5.92 Å². The Morgan fingerprint density at radius 1 is 1.35 bits per heavy atom. The van der Waals surface area contributed by atoms with Crippen LogP contribution in [0.25, 0.3) is 0 Å². The van der Waals surface area contributed by atoms with Crippen LogP contribution in [0.4, 0.5) is 0 Å². The van der Waals surface area contributed by atoms with Crippen LogP contribution in [0.2, 0.25) is 0 Å². The predicted molar refractivity (Wildman–Crippen MR) is 74.8 cm³/mol. The van der Waals surface area contributed by atoms with E-state index in [0.29, 0.717) is 17.1 Å². The summed E-state index contributed by atoms with van der Waals surface area (Å²) in [6.45, 7) is 4.11. The molecule has 2 unspecified atom stereocenters. The number of ketones is 1. The molecule has 0 spiro atoms. The maximum Gasteiger partial charge on any atom is 0.161 e. The summed E-state index contributed by atoms with van der Waals surface area (Å²) in [5.41, 5.74) is 0.695. The quantitative estimate of drug-likeness (QED) is 0.827. The summed E-state index contributed by atoms with van der Waals surface area (Å²) in [4.78, 5) is 12.4. The molecule has 0 N–H and O–H groups in total. The fourth-order valence-corrected chi connectivity index (χ4v) is 2.49.